The molecule has 0 unspecified atom stereocenters. The van der Waals surface area contributed by atoms with Gasteiger partial charge < -0.3 is 5.32 Å². The molecule has 164 valence electrons. The third-order valence-corrected chi connectivity index (χ3v) is 6.03. The molecule has 0 bridgehead atoms. The van der Waals surface area contributed by atoms with E-state index in [4.69, 9.17) is 5.26 Å². The van der Waals surface area contributed by atoms with Crippen LogP contribution in [0.25, 0.3) is 11.1 Å². The van der Waals surface area contributed by atoms with E-state index in [0.29, 0.717) is 36.6 Å². The number of hydrogen-bond donors (Lipinski definition) is 3. The van der Waals surface area contributed by atoms with E-state index in [2.05, 4.69) is 25.3 Å². The van der Waals surface area contributed by atoms with E-state index >= 15 is 0 Å². The van der Waals surface area contributed by atoms with E-state index in [9.17, 15) is 8.42 Å². The average molecular weight is 449 g/mol. The molecule has 1 aromatic heterocycles. The van der Waals surface area contributed by atoms with Crippen molar-refractivity contribution < 1.29 is 8.42 Å². The Morgan fingerprint density at radius 2 is 1.78 bits per heavy atom. The van der Waals surface area contributed by atoms with Crippen molar-refractivity contribution in [1.82, 2.24) is 15.0 Å². The minimum atomic E-state index is -3.65. The highest BCUT2D eigenvalue weighted by Gasteiger charge is 2.18. The number of anilines is 1. The van der Waals surface area contributed by atoms with E-state index in [1.807, 2.05) is 48.7 Å². The zero-order valence-electron chi connectivity index (χ0n) is 17.4. The molecule has 0 amide bonds. The Hall–Kier alpha value is -3.74. The Kier molecular flexibility index (Phi) is 8.31. The van der Waals surface area contributed by atoms with Crippen LogP contribution in [0, 0.1) is 11.5 Å². The molecule has 0 saturated carbocycles. The van der Waals surface area contributed by atoms with Crippen molar-refractivity contribution in [2.75, 3.05) is 18.4 Å². The molecule has 0 aliphatic rings. The lowest BCUT2D eigenvalue weighted by Gasteiger charge is -2.12. The summed E-state index contributed by atoms with van der Waals surface area (Å²) in [4.78, 5) is 8.58. The second-order valence-corrected chi connectivity index (χ2v) is 8.54. The SMILES string of the molecule is N#CN/C(=N\CCCCNS(=O)(=O)c1ccccc1-c1ccccc1)Nc1cccnc1. The second-order valence-electron chi connectivity index (χ2n) is 6.80. The summed E-state index contributed by atoms with van der Waals surface area (Å²) in [6.07, 6.45) is 6.36. The van der Waals surface area contributed by atoms with Gasteiger partial charge in [-0.25, -0.2) is 13.1 Å². The van der Waals surface area contributed by atoms with Crippen LogP contribution in [0.15, 0.2) is 89.0 Å². The lowest BCUT2D eigenvalue weighted by atomic mass is 10.1. The van der Waals surface area contributed by atoms with Gasteiger partial charge in [0.05, 0.1) is 16.8 Å². The molecule has 0 radical (unpaired) electrons. The third kappa shape index (κ3) is 6.63. The van der Waals surface area contributed by atoms with E-state index in [1.165, 1.54) is 0 Å². The van der Waals surface area contributed by atoms with Crippen LogP contribution >= 0.6 is 0 Å². The van der Waals surface area contributed by atoms with Gasteiger partial charge in [0.1, 0.15) is 0 Å². The Morgan fingerprint density at radius 1 is 1.00 bits per heavy atom. The standard InChI is InChI=1S/C23H24N6O2S/c24-18-27-23(29-20-11-8-14-25-17-20)26-15-6-7-16-28-32(30,31)22-13-5-4-12-21(22)19-9-2-1-3-10-19/h1-5,8-14,17,28H,6-7,15-16H2,(H2,26,27,29). The van der Waals surface area contributed by atoms with E-state index in [0.717, 1.165) is 5.56 Å². The summed E-state index contributed by atoms with van der Waals surface area (Å²) in [5, 5.41) is 14.4. The zero-order valence-corrected chi connectivity index (χ0v) is 18.2. The molecule has 0 atom stereocenters. The number of sulfonamides is 1. The number of aliphatic imine (C=N–C) groups is 1. The van der Waals surface area contributed by atoms with Crippen molar-refractivity contribution in [1.29, 1.82) is 5.26 Å². The summed E-state index contributed by atoms with van der Waals surface area (Å²) in [5.74, 6) is 0.317. The van der Waals surface area contributed by atoms with Gasteiger partial charge in [0.2, 0.25) is 16.0 Å². The number of aromatic nitrogens is 1. The number of nitrogens with one attached hydrogen (secondary N) is 3. The van der Waals surface area contributed by atoms with Gasteiger partial charge in [-0.3, -0.25) is 15.3 Å². The van der Waals surface area contributed by atoms with E-state index in [-0.39, 0.29) is 11.4 Å². The van der Waals surface area contributed by atoms with Crippen molar-refractivity contribution in [3.8, 4) is 17.3 Å². The summed E-state index contributed by atoms with van der Waals surface area (Å²) >= 11 is 0. The van der Waals surface area contributed by atoms with Gasteiger partial charge in [-0.1, -0.05) is 48.5 Å². The molecule has 8 nitrogen and oxygen atoms in total. The molecular weight excluding hydrogens is 424 g/mol. The largest absolute Gasteiger partial charge is 0.324 e. The van der Waals surface area contributed by atoms with Crippen LogP contribution in [0.3, 0.4) is 0 Å². The zero-order chi connectivity index (χ0) is 22.7. The minimum absolute atomic E-state index is 0.255. The normalized spacial score (nSPS) is 11.5. The predicted molar refractivity (Wildman–Crippen MR) is 125 cm³/mol. The van der Waals surface area contributed by atoms with Crippen molar-refractivity contribution in [2.45, 2.75) is 17.7 Å². The van der Waals surface area contributed by atoms with Gasteiger partial charge in [0, 0.05) is 24.8 Å². The number of rotatable bonds is 9. The summed E-state index contributed by atoms with van der Waals surface area (Å²) in [5.41, 5.74) is 2.22. The summed E-state index contributed by atoms with van der Waals surface area (Å²) in [7, 11) is -3.65. The maximum atomic E-state index is 12.9. The highest BCUT2D eigenvalue weighted by atomic mass is 32.2. The molecule has 0 saturated heterocycles. The molecule has 3 rings (SSSR count). The van der Waals surface area contributed by atoms with Crippen LogP contribution in [0.4, 0.5) is 5.69 Å². The smallest absolute Gasteiger partial charge is 0.241 e. The van der Waals surface area contributed by atoms with Crippen LogP contribution in [0.1, 0.15) is 12.8 Å². The lowest BCUT2D eigenvalue weighted by molar-refractivity contribution is 0.577. The first-order valence-electron chi connectivity index (χ1n) is 10.1. The van der Waals surface area contributed by atoms with Crippen LogP contribution in [0.5, 0.6) is 0 Å². The van der Waals surface area contributed by atoms with Crippen molar-refractivity contribution in [3.63, 3.8) is 0 Å². The number of nitrogens with zero attached hydrogens (tertiary/aromatic N) is 3. The van der Waals surface area contributed by atoms with Gasteiger partial charge in [0.15, 0.2) is 6.19 Å². The molecule has 0 aliphatic carbocycles. The predicted octanol–water partition coefficient (Wildman–Crippen LogP) is 3.35. The Balaban J connectivity index is 1.53. The van der Waals surface area contributed by atoms with Crippen LogP contribution in [-0.2, 0) is 10.0 Å². The first kappa shape index (κ1) is 22.9. The Morgan fingerprint density at radius 3 is 2.53 bits per heavy atom. The van der Waals surface area contributed by atoms with Crippen LogP contribution in [-0.4, -0.2) is 32.5 Å². The molecule has 9 heteroatoms. The fourth-order valence-electron chi connectivity index (χ4n) is 3.01. The summed E-state index contributed by atoms with van der Waals surface area (Å²) in [6, 6.07) is 20.0. The van der Waals surface area contributed by atoms with Gasteiger partial charge in [-0.15, -0.1) is 0 Å². The average Bonchev–Trinajstić information content (AvgIpc) is 2.82. The number of nitriles is 1. The second kappa shape index (κ2) is 11.6. The maximum absolute atomic E-state index is 12.9. The monoisotopic (exact) mass is 448 g/mol. The molecule has 0 aliphatic heterocycles. The van der Waals surface area contributed by atoms with E-state index in [1.54, 1.807) is 36.7 Å². The molecule has 3 aromatic rings. The molecule has 1 heterocycles. The quantitative estimate of drug-likeness (QED) is 0.152. The molecule has 0 fully saturated rings. The molecule has 2 aromatic carbocycles. The minimum Gasteiger partial charge on any atom is -0.324 e. The molecule has 32 heavy (non-hydrogen) atoms. The van der Waals surface area contributed by atoms with Crippen molar-refractivity contribution in [2.24, 2.45) is 4.99 Å². The van der Waals surface area contributed by atoms with Gasteiger partial charge >= 0.3 is 0 Å². The Bertz CT molecular complexity index is 1180. The highest BCUT2D eigenvalue weighted by molar-refractivity contribution is 7.89. The fraction of sp³-hybridized carbons (Fsp3) is 0.174. The number of hydrogen-bond acceptors (Lipinski definition) is 5. The molecular formula is C23H24N6O2S. The maximum Gasteiger partial charge on any atom is 0.241 e. The topological polar surface area (TPSA) is 119 Å². The summed E-state index contributed by atoms with van der Waals surface area (Å²) in [6.45, 7) is 0.720. The summed E-state index contributed by atoms with van der Waals surface area (Å²) < 4.78 is 28.4. The van der Waals surface area contributed by atoms with Gasteiger partial charge in [-0.05, 0) is 36.6 Å². The van der Waals surface area contributed by atoms with Crippen LogP contribution < -0.4 is 15.4 Å². The van der Waals surface area contributed by atoms with Gasteiger partial charge in [0.25, 0.3) is 0 Å². The van der Waals surface area contributed by atoms with Crippen molar-refractivity contribution >= 4 is 21.7 Å². The number of pyridine rings is 1. The third-order valence-electron chi connectivity index (χ3n) is 4.51. The van der Waals surface area contributed by atoms with Gasteiger partial charge in [-0.2, -0.15) is 5.26 Å². The number of benzene rings is 2. The first-order valence-corrected chi connectivity index (χ1v) is 11.6. The first-order chi connectivity index (χ1) is 15.6. The number of unbranched alkanes of at least 4 members (excludes halogenated alkanes) is 1. The fourth-order valence-corrected chi connectivity index (χ4v) is 4.31. The van der Waals surface area contributed by atoms with Crippen LogP contribution in [0.2, 0.25) is 0 Å². The van der Waals surface area contributed by atoms with Crippen molar-refractivity contribution in [3.05, 3.63) is 79.1 Å². The molecule has 3 N–H and O–H groups in total. The Labute approximate surface area is 188 Å². The number of guanidine groups is 1. The highest BCUT2D eigenvalue weighted by Crippen LogP contribution is 2.26. The molecule has 0 spiro atoms. The van der Waals surface area contributed by atoms with E-state index < -0.39 is 10.0 Å². The lowest BCUT2D eigenvalue weighted by Crippen LogP contribution is -2.27.